The highest BCUT2D eigenvalue weighted by Crippen LogP contribution is 1.93. The van der Waals surface area contributed by atoms with Crippen LogP contribution in [0.3, 0.4) is 0 Å². The molecular formula is C5H12F2N2. The van der Waals surface area contributed by atoms with Crippen LogP contribution in [0.2, 0.25) is 0 Å². The number of halogens is 2. The average Bonchev–Trinajstić information content (AvgIpc) is 1.59. The molecule has 4 heteroatoms. The molecule has 0 heterocycles. The molecule has 0 saturated heterocycles. The van der Waals surface area contributed by atoms with E-state index in [4.69, 9.17) is 5.73 Å². The van der Waals surface area contributed by atoms with Crippen LogP contribution in [0.5, 0.6) is 0 Å². The molecule has 0 aliphatic heterocycles. The van der Waals surface area contributed by atoms with Crippen LogP contribution in [0.1, 0.15) is 13.8 Å². The summed E-state index contributed by atoms with van der Waals surface area (Å²) in [5.74, 6) is 0. The Morgan fingerprint density at radius 3 is 2.11 bits per heavy atom. The Morgan fingerprint density at radius 1 is 1.56 bits per heavy atom. The van der Waals surface area contributed by atoms with Crippen molar-refractivity contribution < 1.29 is 8.78 Å². The summed E-state index contributed by atoms with van der Waals surface area (Å²) in [6.45, 7) is 2.92. The fourth-order valence-corrected chi connectivity index (χ4v) is 0.340. The molecule has 0 spiro atoms. The fraction of sp³-hybridized carbons (Fsp3) is 1.00. The summed E-state index contributed by atoms with van der Waals surface area (Å²) < 4.78 is 22.9. The van der Waals surface area contributed by atoms with Crippen LogP contribution in [0.4, 0.5) is 8.78 Å². The molecule has 3 N–H and O–H groups in total. The van der Waals surface area contributed by atoms with Gasteiger partial charge in [0.2, 0.25) is 0 Å². The molecule has 0 unspecified atom stereocenters. The molecule has 0 atom stereocenters. The lowest BCUT2D eigenvalue weighted by Gasteiger charge is -2.19. The number of alkyl halides is 2. The predicted molar refractivity (Wildman–Crippen MR) is 32.3 cm³/mol. The molecule has 0 radical (unpaired) electrons. The van der Waals surface area contributed by atoms with E-state index in [1.807, 2.05) is 0 Å². The van der Waals surface area contributed by atoms with Gasteiger partial charge < -0.3 is 5.73 Å². The van der Waals surface area contributed by atoms with Gasteiger partial charge >= 0.3 is 0 Å². The first-order valence-corrected chi connectivity index (χ1v) is 2.74. The van der Waals surface area contributed by atoms with Gasteiger partial charge in [-0.05, 0) is 13.8 Å². The Kier molecular flexibility index (Phi) is 3.00. The molecule has 0 bridgehead atoms. The van der Waals surface area contributed by atoms with Crippen molar-refractivity contribution >= 4 is 0 Å². The highest BCUT2D eigenvalue weighted by molar-refractivity contribution is 4.67. The van der Waals surface area contributed by atoms with Gasteiger partial charge in [-0.2, -0.15) is 0 Å². The van der Waals surface area contributed by atoms with Gasteiger partial charge in [0.15, 0.2) is 0 Å². The zero-order valence-electron chi connectivity index (χ0n) is 5.62. The molecule has 0 amide bonds. The van der Waals surface area contributed by atoms with E-state index in [-0.39, 0.29) is 6.54 Å². The largest absolute Gasteiger partial charge is 0.314 e. The maximum Gasteiger partial charge on any atom is 0.250 e. The Balaban J connectivity index is 3.28. The van der Waals surface area contributed by atoms with E-state index < -0.39 is 12.1 Å². The number of nitrogens with two attached hydrogens (primary N) is 1. The van der Waals surface area contributed by atoms with Gasteiger partial charge in [0.25, 0.3) is 6.43 Å². The van der Waals surface area contributed by atoms with E-state index in [0.717, 1.165) is 0 Å². The minimum absolute atomic E-state index is 0.344. The van der Waals surface area contributed by atoms with Crippen LogP contribution in [0, 0.1) is 0 Å². The monoisotopic (exact) mass is 138 g/mol. The normalized spacial score (nSPS) is 12.7. The third-order valence-corrected chi connectivity index (χ3v) is 0.712. The fourth-order valence-electron chi connectivity index (χ4n) is 0.340. The quantitative estimate of drug-likeness (QED) is 0.558. The van der Waals surface area contributed by atoms with Crippen molar-refractivity contribution in [1.82, 2.24) is 5.32 Å². The molecule has 0 saturated carbocycles. The zero-order chi connectivity index (χ0) is 7.49. The van der Waals surface area contributed by atoms with Crippen molar-refractivity contribution in [3.8, 4) is 0 Å². The molecule has 0 aliphatic carbocycles. The Bertz CT molecular complexity index is 77.5. The second-order valence-electron chi connectivity index (χ2n) is 2.49. The van der Waals surface area contributed by atoms with Crippen molar-refractivity contribution in [1.29, 1.82) is 0 Å². The predicted octanol–water partition coefficient (Wildman–Crippen LogP) is 0.536. The summed E-state index contributed by atoms with van der Waals surface area (Å²) in [5, 5.41) is 2.45. The van der Waals surface area contributed by atoms with Crippen LogP contribution >= 0.6 is 0 Å². The molecule has 9 heavy (non-hydrogen) atoms. The number of rotatable bonds is 3. The second kappa shape index (κ2) is 3.08. The molecule has 0 aliphatic rings. The SMILES string of the molecule is CC(C)(N)NCC(F)F. The summed E-state index contributed by atoms with van der Waals surface area (Å²) in [7, 11) is 0. The van der Waals surface area contributed by atoms with Crippen LogP contribution < -0.4 is 11.1 Å². The van der Waals surface area contributed by atoms with E-state index in [2.05, 4.69) is 5.32 Å². The van der Waals surface area contributed by atoms with Crippen LogP contribution in [-0.2, 0) is 0 Å². The van der Waals surface area contributed by atoms with Gasteiger partial charge in [-0.25, -0.2) is 8.78 Å². The van der Waals surface area contributed by atoms with Gasteiger partial charge in [-0.1, -0.05) is 0 Å². The van der Waals surface area contributed by atoms with Crippen molar-refractivity contribution in [3.05, 3.63) is 0 Å². The average molecular weight is 138 g/mol. The van der Waals surface area contributed by atoms with Gasteiger partial charge in [0.05, 0.1) is 12.2 Å². The molecule has 0 aromatic heterocycles. The summed E-state index contributed by atoms with van der Waals surface area (Å²) >= 11 is 0. The van der Waals surface area contributed by atoms with Crippen molar-refractivity contribution in [3.63, 3.8) is 0 Å². The van der Waals surface area contributed by atoms with E-state index in [0.29, 0.717) is 0 Å². The van der Waals surface area contributed by atoms with Crippen molar-refractivity contribution in [2.24, 2.45) is 5.73 Å². The van der Waals surface area contributed by atoms with Crippen molar-refractivity contribution in [2.75, 3.05) is 6.54 Å². The Hall–Kier alpha value is -0.220. The topological polar surface area (TPSA) is 38.0 Å². The minimum atomic E-state index is -2.33. The molecule has 2 nitrogen and oxygen atoms in total. The molecule has 0 fully saturated rings. The summed E-state index contributed by atoms with van der Waals surface area (Å²) in [6.07, 6.45) is -2.33. The smallest absolute Gasteiger partial charge is 0.250 e. The number of hydrogen-bond donors (Lipinski definition) is 2. The summed E-state index contributed by atoms with van der Waals surface area (Å²) in [6, 6.07) is 0. The number of hydrogen-bond acceptors (Lipinski definition) is 2. The number of nitrogens with one attached hydrogen (secondary N) is 1. The van der Waals surface area contributed by atoms with E-state index in [1.54, 1.807) is 13.8 Å². The van der Waals surface area contributed by atoms with Gasteiger partial charge in [0, 0.05) is 0 Å². The molecule has 0 aromatic carbocycles. The first-order chi connectivity index (χ1) is 3.92. The van der Waals surface area contributed by atoms with Gasteiger partial charge in [0.1, 0.15) is 0 Å². The van der Waals surface area contributed by atoms with Gasteiger partial charge in [-0.3, -0.25) is 5.32 Å². The van der Waals surface area contributed by atoms with Gasteiger partial charge in [-0.15, -0.1) is 0 Å². The van der Waals surface area contributed by atoms with E-state index in [1.165, 1.54) is 0 Å². The minimum Gasteiger partial charge on any atom is -0.314 e. The standard InChI is InChI=1S/C5H12F2N2/c1-5(2,8)9-3-4(6)7/h4,9H,3,8H2,1-2H3. The maximum absolute atomic E-state index is 11.4. The first kappa shape index (κ1) is 8.78. The lowest BCUT2D eigenvalue weighted by molar-refractivity contribution is 0.134. The highest BCUT2D eigenvalue weighted by atomic mass is 19.3. The maximum atomic E-state index is 11.4. The lowest BCUT2D eigenvalue weighted by atomic mass is 10.3. The Morgan fingerprint density at radius 2 is 2.00 bits per heavy atom. The van der Waals surface area contributed by atoms with Crippen LogP contribution in [-0.4, -0.2) is 18.6 Å². The molecular weight excluding hydrogens is 126 g/mol. The third-order valence-electron chi connectivity index (χ3n) is 0.712. The molecule has 0 aromatic rings. The Labute approximate surface area is 53.4 Å². The van der Waals surface area contributed by atoms with Crippen molar-refractivity contribution in [2.45, 2.75) is 25.9 Å². The third kappa shape index (κ3) is 7.78. The molecule has 0 rings (SSSR count). The van der Waals surface area contributed by atoms with E-state index >= 15 is 0 Å². The molecule has 56 valence electrons. The highest BCUT2D eigenvalue weighted by Gasteiger charge is 2.11. The second-order valence-corrected chi connectivity index (χ2v) is 2.49. The van der Waals surface area contributed by atoms with E-state index in [9.17, 15) is 8.78 Å². The first-order valence-electron chi connectivity index (χ1n) is 2.74. The summed E-state index contributed by atoms with van der Waals surface area (Å²) in [5.41, 5.74) is 4.64. The van der Waals surface area contributed by atoms with Crippen LogP contribution in [0.15, 0.2) is 0 Å². The lowest BCUT2D eigenvalue weighted by Crippen LogP contribution is -2.49. The zero-order valence-corrected chi connectivity index (χ0v) is 5.62. The van der Waals surface area contributed by atoms with Crippen LogP contribution in [0.25, 0.3) is 0 Å². The summed E-state index contributed by atoms with van der Waals surface area (Å²) in [4.78, 5) is 0.